The maximum Gasteiger partial charge on any atom is 0.141 e. The summed E-state index contributed by atoms with van der Waals surface area (Å²) in [5.41, 5.74) is 0. The Hall–Kier alpha value is -0.280. The molecule has 3 nitrogen and oxygen atoms in total. The molecule has 0 unspecified atom stereocenters. The molecule has 0 aromatic carbocycles. The van der Waals surface area contributed by atoms with Crippen LogP contribution in [-0.4, -0.2) is 14.8 Å². The van der Waals surface area contributed by atoms with Gasteiger partial charge in [-0.15, -0.1) is 24.0 Å². The summed E-state index contributed by atoms with van der Waals surface area (Å²) in [6.45, 7) is 5.17. The summed E-state index contributed by atoms with van der Waals surface area (Å²) in [5, 5.41) is 4.05. The molecule has 0 N–H and O–H groups in total. The van der Waals surface area contributed by atoms with E-state index in [1.54, 1.807) is 6.33 Å². The van der Waals surface area contributed by atoms with E-state index in [0.29, 0.717) is 11.8 Å². The van der Waals surface area contributed by atoms with Crippen molar-refractivity contribution in [2.24, 2.45) is 5.92 Å². The predicted molar refractivity (Wildman–Crippen MR) is 51.7 cm³/mol. The van der Waals surface area contributed by atoms with E-state index >= 15 is 0 Å². The standard InChI is InChI=1S/C7H12ClN3.ClH/c1-6(2)4-11-7(3-8)9-5-10-11;/h5-6H,3-4H2,1-2H3;1H. The summed E-state index contributed by atoms with van der Waals surface area (Å²) in [5.74, 6) is 1.87. The Bertz CT molecular complexity index is 222. The van der Waals surface area contributed by atoms with Crippen molar-refractivity contribution in [3.8, 4) is 0 Å². The molecule has 1 heterocycles. The lowest BCUT2D eigenvalue weighted by Gasteiger charge is -2.05. The first kappa shape index (κ1) is 11.7. The van der Waals surface area contributed by atoms with Gasteiger partial charge in [0.15, 0.2) is 0 Å². The van der Waals surface area contributed by atoms with Crippen LogP contribution in [0.25, 0.3) is 0 Å². The van der Waals surface area contributed by atoms with Crippen LogP contribution < -0.4 is 0 Å². The molecule has 12 heavy (non-hydrogen) atoms. The summed E-state index contributed by atoms with van der Waals surface area (Å²) in [7, 11) is 0. The highest BCUT2D eigenvalue weighted by Crippen LogP contribution is 2.02. The van der Waals surface area contributed by atoms with Crippen LogP contribution in [0.3, 0.4) is 0 Å². The third-order valence-electron chi connectivity index (χ3n) is 1.35. The lowest BCUT2D eigenvalue weighted by molar-refractivity contribution is 0.471. The van der Waals surface area contributed by atoms with Crippen LogP contribution in [0.2, 0.25) is 0 Å². The molecule has 0 bridgehead atoms. The van der Waals surface area contributed by atoms with E-state index in [0.717, 1.165) is 12.4 Å². The number of hydrogen-bond acceptors (Lipinski definition) is 2. The van der Waals surface area contributed by atoms with Crippen LogP contribution in [0, 0.1) is 5.92 Å². The Kier molecular flexibility index (Phi) is 5.25. The molecular weight excluding hydrogens is 197 g/mol. The SMILES string of the molecule is CC(C)Cn1ncnc1CCl.Cl. The van der Waals surface area contributed by atoms with Gasteiger partial charge >= 0.3 is 0 Å². The third kappa shape index (κ3) is 2.99. The second-order valence-corrected chi connectivity index (χ2v) is 3.15. The van der Waals surface area contributed by atoms with E-state index in [4.69, 9.17) is 11.6 Å². The summed E-state index contributed by atoms with van der Waals surface area (Å²) in [6, 6.07) is 0. The molecule has 0 amide bonds. The fourth-order valence-corrected chi connectivity index (χ4v) is 1.10. The molecule has 0 aliphatic carbocycles. The summed E-state index contributed by atoms with van der Waals surface area (Å²) in [6.07, 6.45) is 1.54. The molecule has 1 aromatic heterocycles. The first-order valence-corrected chi connectivity index (χ1v) is 4.20. The van der Waals surface area contributed by atoms with Crippen molar-refractivity contribution in [3.05, 3.63) is 12.2 Å². The maximum absolute atomic E-state index is 5.63. The van der Waals surface area contributed by atoms with E-state index in [1.807, 2.05) is 4.68 Å². The lowest BCUT2D eigenvalue weighted by atomic mass is 10.2. The second kappa shape index (κ2) is 5.38. The number of rotatable bonds is 3. The molecule has 0 fully saturated rings. The third-order valence-corrected chi connectivity index (χ3v) is 1.59. The molecule has 0 aliphatic rings. The van der Waals surface area contributed by atoms with Gasteiger partial charge in [-0.05, 0) is 5.92 Å². The van der Waals surface area contributed by atoms with Crippen molar-refractivity contribution in [2.45, 2.75) is 26.3 Å². The fourth-order valence-electron chi connectivity index (χ4n) is 0.890. The van der Waals surface area contributed by atoms with E-state index in [2.05, 4.69) is 23.9 Å². The quantitative estimate of drug-likeness (QED) is 0.715. The Morgan fingerprint density at radius 3 is 2.75 bits per heavy atom. The van der Waals surface area contributed by atoms with E-state index in [1.165, 1.54) is 0 Å². The van der Waals surface area contributed by atoms with Crippen LogP contribution in [0.1, 0.15) is 19.7 Å². The Morgan fingerprint density at radius 2 is 2.25 bits per heavy atom. The zero-order chi connectivity index (χ0) is 8.27. The van der Waals surface area contributed by atoms with Crippen molar-refractivity contribution >= 4 is 24.0 Å². The average molecular weight is 210 g/mol. The second-order valence-electron chi connectivity index (χ2n) is 2.89. The predicted octanol–water partition coefficient (Wildman–Crippen LogP) is 2.09. The number of alkyl halides is 1. The van der Waals surface area contributed by atoms with Gasteiger partial charge in [0.2, 0.25) is 0 Å². The molecule has 1 rings (SSSR count). The van der Waals surface area contributed by atoms with Crippen LogP contribution >= 0.6 is 24.0 Å². The van der Waals surface area contributed by atoms with E-state index in [-0.39, 0.29) is 12.4 Å². The molecule has 5 heteroatoms. The molecule has 70 valence electrons. The topological polar surface area (TPSA) is 30.7 Å². The Labute approximate surface area is 83.5 Å². The van der Waals surface area contributed by atoms with Gasteiger partial charge in [0.25, 0.3) is 0 Å². The van der Waals surface area contributed by atoms with Gasteiger partial charge in [0, 0.05) is 6.54 Å². The zero-order valence-corrected chi connectivity index (χ0v) is 8.77. The highest BCUT2D eigenvalue weighted by atomic mass is 35.5. The first-order valence-electron chi connectivity index (χ1n) is 3.66. The minimum atomic E-state index is 0. The van der Waals surface area contributed by atoms with Gasteiger partial charge < -0.3 is 0 Å². The normalized spacial score (nSPS) is 10.0. The molecule has 0 radical (unpaired) electrons. The van der Waals surface area contributed by atoms with Gasteiger partial charge in [0.05, 0.1) is 5.88 Å². The summed E-state index contributed by atoms with van der Waals surface area (Å²) < 4.78 is 1.84. The number of aromatic nitrogens is 3. The molecular formula is C7H13Cl2N3. The molecule has 0 aliphatic heterocycles. The van der Waals surface area contributed by atoms with Gasteiger partial charge in [-0.2, -0.15) is 5.10 Å². The first-order chi connectivity index (χ1) is 5.24. The Balaban J connectivity index is 0.00000121. The minimum absolute atomic E-state index is 0. The minimum Gasteiger partial charge on any atom is -0.249 e. The van der Waals surface area contributed by atoms with Gasteiger partial charge in [0.1, 0.15) is 12.2 Å². The average Bonchev–Trinajstić information content (AvgIpc) is 2.34. The fraction of sp³-hybridized carbons (Fsp3) is 0.714. The number of hydrogen-bond donors (Lipinski definition) is 0. The van der Waals surface area contributed by atoms with Gasteiger partial charge in [-0.1, -0.05) is 13.8 Å². The van der Waals surface area contributed by atoms with Crippen molar-refractivity contribution < 1.29 is 0 Å². The maximum atomic E-state index is 5.63. The van der Waals surface area contributed by atoms with E-state index in [9.17, 15) is 0 Å². The lowest BCUT2D eigenvalue weighted by Crippen LogP contribution is -2.09. The van der Waals surface area contributed by atoms with Crippen molar-refractivity contribution in [1.29, 1.82) is 0 Å². The smallest absolute Gasteiger partial charge is 0.141 e. The molecule has 0 saturated heterocycles. The van der Waals surface area contributed by atoms with Gasteiger partial charge in [-0.25, -0.2) is 9.67 Å². The molecule has 0 saturated carbocycles. The van der Waals surface area contributed by atoms with Crippen LogP contribution in [0.5, 0.6) is 0 Å². The number of nitrogens with zero attached hydrogens (tertiary/aromatic N) is 3. The molecule has 0 spiro atoms. The monoisotopic (exact) mass is 209 g/mol. The van der Waals surface area contributed by atoms with E-state index < -0.39 is 0 Å². The van der Waals surface area contributed by atoms with Gasteiger partial charge in [-0.3, -0.25) is 0 Å². The van der Waals surface area contributed by atoms with Crippen molar-refractivity contribution in [3.63, 3.8) is 0 Å². The highest BCUT2D eigenvalue weighted by Gasteiger charge is 2.03. The van der Waals surface area contributed by atoms with Crippen molar-refractivity contribution in [2.75, 3.05) is 0 Å². The molecule has 1 aromatic rings. The van der Waals surface area contributed by atoms with Crippen LogP contribution in [0.4, 0.5) is 0 Å². The highest BCUT2D eigenvalue weighted by molar-refractivity contribution is 6.16. The summed E-state index contributed by atoms with van der Waals surface area (Å²) >= 11 is 5.63. The molecule has 0 atom stereocenters. The van der Waals surface area contributed by atoms with Crippen LogP contribution in [-0.2, 0) is 12.4 Å². The number of halogens is 2. The summed E-state index contributed by atoms with van der Waals surface area (Å²) in [4.78, 5) is 4.01. The zero-order valence-electron chi connectivity index (χ0n) is 7.20. The largest absolute Gasteiger partial charge is 0.249 e. The Morgan fingerprint density at radius 1 is 1.58 bits per heavy atom. The van der Waals surface area contributed by atoms with Crippen molar-refractivity contribution in [1.82, 2.24) is 14.8 Å². The van der Waals surface area contributed by atoms with Crippen LogP contribution in [0.15, 0.2) is 6.33 Å².